The summed E-state index contributed by atoms with van der Waals surface area (Å²) in [7, 11) is 0. The van der Waals surface area contributed by atoms with E-state index in [4.69, 9.17) is 28.3 Å². The Morgan fingerprint density at radius 2 is 1.68 bits per heavy atom. The first kappa shape index (κ1) is 19.5. The zero-order chi connectivity index (χ0) is 16.9. The molecule has 0 heterocycles. The van der Waals surface area contributed by atoms with Crippen LogP contribution in [0.1, 0.15) is 45.3 Å². The molecule has 1 rings (SSSR count). The summed E-state index contributed by atoms with van der Waals surface area (Å²) in [5.74, 6) is 0. The summed E-state index contributed by atoms with van der Waals surface area (Å²) in [6.07, 6.45) is 0.00799. The molecule has 126 valence electrons. The first-order chi connectivity index (χ1) is 10.1. The van der Waals surface area contributed by atoms with Crippen molar-refractivity contribution in [1.82, 2.24) is 0 Å². The molecule has 0 bridgehead atoms. The lowest BCUT2D eigenvalue weighted by Crippen LogP contribution is -2.23. The van der Waals surface area contributed by atoms with Gasteiger partial charge in [-0.05, 0) is 36.0 Å². The second-order valence-electron chi connectivity index (χ2n) is 6.69. The van der Waals surface area contributed by atoms with Crippen LogP contribution >= 0.6 is 23.2 Å². The number of anilines is 1. The minimum Gasteiger partial charge on any atom is -0.394 e. The molecular weight excluding hydrogens is 325 g/mol. The predicted octanol–water partition coefficient (Wildman–Crippen LogP) is 3.62. The second-order valence-corrected chi connectivity index (χ2v) is 7.51. The van der Waals surface area contributed by atoms with Crippen LogP contribution in [0.2, 0.25) is 10.0 Å². The summed E-state index contributed by atoms with van der Waals surface area (Å²) in [5.41, 5.74) is 1.31. The van der Waals surface area contributed by atoms with Crippen molar-refractivity contribution < 1.29 is 15.3 Å². The maximum absolute atomic E-state index is 10.3. The van der Waals surface area contributed by atoms with Gasteiger partial charge < -0.3 is 20.6 Å². The summed E-state index contributed by atoms with van der Waals surface area (Å²) < 4.78 is 0. The van der Waals surface area contributed by atoms with Gasteiger partial charge in [-0.2, -0.15) is 0 Å². The van der Waals surface area contributed by atoms with E-state index in [2.05, 4.69) is 26.1 Å². The number of halogens is 2. The van der Waals surface area contributed by atoms with Crippen molar-refractivity contribution in [2.24, 2.45) is 5.41 Å². The molecule has 4 nitrogen and oxygen atoms in total. The third kappa shape index (κ3) is 6.31. The highest BCUT2D eigenvalue weighted by Gasteiger charge is 2.17. The van der Waals surface area contributed by atoms with Crippen molar-refractivity contribution in [3.8, 4) is 0 Å². The maximum atomic E-state index is 10.3. The molecule has 1 aromatic rings. The SMILES string of the molecule is CC(C)(C)CCC(O)c1cc(Cl)c(NCC(O)CO)c(Cl)c1. The molecule has 0 aliphatic heterocycles. The molecule has 2 unspecified atom stereocenters. The van der Waals surface area contributed by atoms with Gasteiger partial charge in [-0.1, -0.05) is 44.0 Å². The summed E-state index contributed by atoms with van der Waals surface area (Å²) in [6.45, 7) is 6.17. The molecule has 0 amide bonds. The molecule has 0 fully saturated rings. The quantitative estimate of drug-likeness (QED) is 0.606. The summed E-state index contributed by atoms with van der Waals surface area (Å²) >= 11 is 12.4. The normalized spacial score (nSPS) is 14.7. The Morgan fingerprint density at radius 3 is 2.14 bits per heavy atom. The zero-order valence-electron chi connectivity index (χ0n) is 13.2. The number of aliphatic hydroxyl groups excluding tert-OH is 3. The molecule has 0 aliphatic carbocycles. The molecule has 2 atom stereocenters. The Bertz CT molecular complexity index is 466. The molecule has 4 N–H and O–H groups in total. The average molecular weight is 350 g/mol. The van der Waals surface area contributed by atoms with Crippen LogP contribution in [0.25, 0.3) is 0 Å². The zero-order valence-corrected chi connectivity index (χ0v) is 14.7. The van der Waals surface area contributed by atoms with E-state index in [-0.39, 0.29) is 18.6 Å². The van der Waals surface area contributed by atoms with Crippen molar-refractivity contribution in [1.29, 1.82) is 0 Å². The number of benzene rings is 1. The fourth-order valence-electron chi connectivity index (χ4n) is 1.97. The van der Waals surface area contributed by atoms with Gasteiger partial charge in [0, 0.05) is 6.54 Å². The van der Waals surface area contributed by atoms with Crippen LogP contribution < -0.4 is 5.32 Å². The van der Waals surface area contributed by atoms with Gasteiger partial charge in [-0.3, -0.25) is 0 Å². The van der Waals surface area contributed by atoms with E-state index >= 15 is 0 Å². The Balaban J connectivity index is 2.80. The molecule has 6 heteroatoms. The van der Waals surface area contributed by atoms with Gasteiger partial charge in [-0.25, -0.2) is 0 Å². The van der Waals surface area contributed by atoms with Crippen molar-refractivity contribution in [3.05, 3.63) is 27.7 Å². The largest absolute Gasteiger partial charge is 0.394 e. The van der Waals surface area contributed by atoms with E-state index in [9.17, 15) is 10.2 Å². The predicted molar refractivity (Wildman–Crippen MR) is 91.7 cm³/mol. The molecular formula is C16H25Cl2NO3. The smallest absolute Gasteiger partial charge is 0.0942 e. The van der Waals surface area contributed by atoms with E-state index in [1.165, 1.54) is 0 Å². The Kier molecular flexibility index (Phi) is 7.42. The third-order valence-corrected chi connectivity index (χ3v) is 3.94. The van der Waals surface area contributed by atoms with Crippen molar-refractivity contribution in [2.75, 3.05) is 18.5 Å². The molecule has 0 saturated carbocycles. The number of nitrogens with one attached hydrogen (secondary N) is 1. The van der Waals surface area contributed by atoms with Crippen molar-refractivity contribution in [2.45, 2.75) is 45.8 Å². The molecule has 0 spiro atoms. The van der Waals surface area contributed by atoms with E-state index in [1.807, 2.05) is 0 Å². The van der Waals surface area contributed by atoms with E-state index < -0.39 is 12.2 Å². The topological polar surface area (TPSA) is 72.7 Å². The number of aliphatic hydroxyl groups is 3. The Hall–Kier alpha value is -0.520. The molecule has 0 radical (unpaired) electrons. The van der Waals surface area contributed by atoms with Crippen molar-refractivity contribution >= 4 is 28.9 Å². The number of rotatable bonds is 7. The van der Waals surface area contributed by atoms with Crippen LogP contribution in [0.5, 0.6) is 0 Å². The lowest BCUT2D eigenvalue weighted by atomic mass is 9.88. The van der Waals surface area contributed by atoms with Crippen molar-refractivity contribution in [3.63, 3.8) is 0 Å². The van der Waals surface area contributed by atoms with Gasteiger partial charge in [0.05, 0.1) is 34.5 Å². The van der Waals surface area contributed by atoms with Gasteiger partial charge in [0.2, 0.25) is 0 Å². The monoisotopic (exact) mass is 349 g/mol. The highest BCUT2D eigenvalue weighted by molar-refractivity contribution is 6.39. The first-order valence-electron chi connectivity index (χ1n) is 7.34. The van der Waals surface area contributed by atoms with Gasteiger partial charge in [-0.15, -0.1) is 0 Å². The van der Waals surface area contributed by atoms with E-state index in [0.29, 0.717) is 27.7 Å². The lowest BCUT2D eigenvalue weighted by molar-refractivity contribution is 0.105. The average Bonchev–Trinajstić information content (AvgIpc) is 2.42. The lowest BCUT2D eigenvalue weighted by Gasteiger charge is -2.21. The third-order valence-electron chi connectivity index (χ3n) is 3.34. The minimum atomic E-state index is -0.885. The van der Waals surface area contributed by atoms with Gasteiger partial charge >= 0.3 is 0 Å². The summed E-state index contributed by atoms with van der Waals surface area (Å²) in [5, 5.41) is 32.1. The van der Waals surface area contributed by atoms with Gasteiger partial charge in [0.15, 0.2) is 0 Å². The number of hydrogen-bond acceptors (Lipinski definition) is 4. The molecule has 1 aromatic carbocycles. The highest BCUT2D eigenvalue weighted by Crippen LogP contribution is 2.35. The highest BCUT2D eigenvalue weighted by atomic mass is 35.5. The van der Waals surface area contributed by atoms with E-state index in [1.54, 1.807) is 12.1 Å². The van der Waals surface area contributed by atoms with Crippen LogP contribution in [0.4, 0.5) is 5.69 Å². The van der Waals surface area contributed by atoms with Crippen LogP contribution in [0, 0.1) is 5.41 Å². The fraction of sp³-hybridized carbons (Fsp3) is 0.625. The number of hydrogen-bond donors (Lipinski definition) is 4. The second kappa shape index (κ2) is 8.37. The first-order valence-corrected chi connectivity index (χ1v) is 8.09. The minimum absolute atomic E-state index is 0.141. The van der Waals surface area contributed by atoms with Crippen LogP contribution in [-0.2, 0) is 0 Å². The van der Waals surface area contributed by atoms with Crippen LogP contribution in [0.15, 0.2) is 12.1 Å². The van der Waals surface area contributed by atoms with Gasteiger partial charge in [0.1, 0.15) is 0 Å². The molecule has 0 saturated heterocycles. The Labute approximate surface area is 142 Å². The molecule has 22 heavy (non-hydrogen) atoms. The summed E-state index contributed by atoms with van der Waals surface area (Å²) in [4.78, 5) is 0. The summed E-state index contributed by atoms with van der Waals surface area (Å²) in [6, 6.07) is 3.35. The standard InChI is InChI=1S/C16H25Cl2NO3/c1-16(2,3)5-4-14(22)10-6-12(17)15(13(18)7-10)19-8-11(21)9-20/h6-7,11,14,19-22H,4-5,8-9H2,1-3H3. The van der Waals surface area contributed by atoms with Crippen LogP contribution in [0.3, 0.4) is 0 Å². The van der Waals surface area contributed by atoms with Crippen LogP contribution in [-0.4, -0.2) is 34.6 Å². The van der Waals surface area contributed by atoms with E-state index in [0.717, 1.165) is 6.42 Å². The maximum Gasteiger partial charge on any atom is 0.0942 e. The molecule has 0 aliphatic rings. The Morgan fingerprint density at radius 1 is 1.14 bits per heavy atom. The van der Waals surface area contributed by atoms with Gasteiger partial charge in [0.25, 0.3) is 0 Å². The molecule has 0 aromatic heterocycles. The fourth-order valence-corrected chi connectivity index (χ4v) is 2.61.